The number of benzene rings is 1. The van der Waals surface area contributed by atoms with Gasteiger partial charge in [0.05, 0.1) is 5.02 Å². The van der Waals surface area contributed by atoms with Gasteiger partial charge in [0.15, 0.2) is 5.76 Å². The Morgan fingerprint density at radius 1 is 1.18 bits per heavy atom. The van der Waals surface area contributed by atoms with Gasteiger partial charge in [0.25, 0.3) is 0 Å². The first-order valence-corrected chi connectivity index (χ1v) is 7.95. The molecule has 1 fully saturated rings. The van der Waals surface area contributed by atoms with Crippen LogP contribution in [0.1, 0.15) is 18.6 Å². The summed E-state index contributed by atoms with van der Waals surface area (Å²) < 4.78 is 11.5. The van der Waals surface area contributed by atoms with Gasteiger partial charge in [-0.2, -0.15) is 0 Å². The fraction of sp³-hybridized carbons (Fsp3) is 0.375. The third kappa shape index (κ3) is 4.40. The second-order valence-electron chi connectivity index (χ2n) is 5.25. The molecule has 0 aliphatic carbocycles. The summed E-state index contributed by atoms with van der Waals surface area (Å²) in [5.41, 5.74) is 0.867. The highest BCUT2D eigenvalue weighted by Gasteiger charge is 2.17. The maximum absolute atomic E-state index is 6.19. The lowest BCUT2D eigenvalue weighted by atomic mass is 10.2. The minimum absolute atomic E-state index is 0. The number of nitrogens with two attached hydrogens (primary N) is 1. The molecule has 0 spiro atoms. The van der Waals surface area contributed by atoms with Crippen LogP contribution < -0.4 is 17.7 Å². The van der Waals surface area contributed by atoms with Crippen LogP contribution >= 0.6 is 23.2 Å². The van der Waals surface area contributed by atoms with Gasteiger partial charge in [-0.3, -0.25) is 0 Å². The van der Waals surface area contributed by atoms with E-state index >= 15 is 0 Å². The van der Waals surface area contributed by atoms with Crippen molar-refractivity contribution in [3.63, 3.8) is 0 Å². The minimum Gasteiger partial charge on any atom is -1.00 e. The molecular weight excluding hydrogens is 345 g/mol. The molecule has 22 heavy (non-hydrogen) atoms. The van der Waals surface area contributed by atoms with Gasteiger partial charge < -0.3 is 26.9 Å². The van der Waals surface area contributed by atoms with E-state index in [-0.39, 0.29) is 12.4 Å². The SMILES string of the molecule is Clc1ccc(-c2ccc(C[NH2+]CC3CCCO3)o2)c(Cl)c1.[Cl-]. The molecule has 3 rings (SSSR count). The average molecular weight is 363 g/mol. The highest BCUT2D eigenvalue weighted by atomic mass is 35.5. The van der Waals surface area contributed by atoms with E-state index in [1.807, 2.05) is 24.3 Å². The van der Waals surface area contributed by atoms with Crippen molar-refractivity contribution in [2.75, 3.05) is 13.2 Å². The molecule has 6 heteroatoms. The lowest BCUT2D eigenvalue weighted by molar-refractivity contribution is -0.677. The molecule has 2 heterocycles. The van der Waals surface area contributed by atoms with Crippen LogP contribution in [0.15, 0.2) is 34.7 Å². The quantitative estimate of drug-likeness (QED) is 0.841. The van der Waals surface area contributed by atoms with E-state index in [0.717, 1.165) is 36.8 Å². The zero-order valence-corrected chi connectivity index (χ0v) is 14.3. The van der Waals surface area contributed by atoms with Gasteiger partial charge >= 0.3 is 0 Å². The molecule has 0 bridgehead atoms. The van der Waals surface area contributed by atoms with Gasteiger partial charge in [-0.05, 0) is 43.2 Å². The molecule has 0 amide bonds. The van der Waals surface area contributed by atoms with E-state index in [2.05, 4.69) is 5.32 Å². The summed E-state index contributed by atoms with van der Waals surface area (Å²) in [6.45, 7) is 2.70. The number of rotatable bonds is 5. The fourth-order valence-corrected chi connectivity index (χ4v) is 3.07. The monoisotopic (exact) mass is 361 g/mol. The third-order valence-corrected chi connectivity index (χ3v) is 4.21. The second kappa shape index (κ2) is 8.23. The molecule has 1 aliphatic heterocycles. The molecule has 120 valence electrons. The summed E-state index contributed by atoms with van der Waals surface area (Å²) in [4.78, 5) is 0. The van der Waals surface area contributed by atoms with Crippen molar-refractivity contribution in [3.05, 3.63) is 46.1 Å². The first-order chi connectivity index (χ1) is 10.2. The Morgan fingerprint density at radius 3 is 2.77 bits per heavy atom. The van der Waals surface area contributed by atoms with E-state index in [1.165, 1.54) is 12.8 Å². The summed E-state index contributed by atoms with van der Waals surface area (Å²) in [6.07, 6.45) is 2.74. The molecule has 1 aromatic carbocycles. The molecule has 0 radical (unpaired) electrons. The van der Waals surface area contributed by atoms with Crippen molar-refractivity contribution >= 4 is 23.2 Å². The predicted octanol–water partition coefficient (Wildman–Crippen LogP) is 0.500. The average Bonchev–Trinajstić information content (AvgIpc) is 3.10. The summed E-state index contributed by atoms with van der Waals surface area (Å²) in [6, 6.07) is 9.36. The van der Waals surface area contributed by atoms with Crippen molar-refractivity contribution in [1.29, 1.82) is 0 Å². The molecule has 1 unspecified atom stereocenters. The first-order valence-electron chi connectivity index (χ1n) is 7.20. The highest BCUT2D eigenvalue weighted by molar-refractivity contribution is 6.36. The Morgan fingerprint density at radius 2 is 2.05 bits per heavy atom. The largest absolute Gasteiger partial charge is 1.00 e. The number of hydrogen-bond donors (Lipinski definition) is 1. The van der Waals surface area contributed by atoms with Crippen LogP contribution in [0, 0.1) is 0 Å². The molecule has 3 nitrogen and oxygen atoms in total. The lowest BCUT2D eigenvalue weighted by Crippen LogP contribution is -3.00. The van der Waals surface area contributed by atoms with E-state index < -0.39 is 0 Å². The molecule has 1 atom stereocenters. The number of hydrogen-bond acceptors (Lipinski definition) is 2. The minimum atomic E-state index is 0. The number of ether oxygens (including phenoxy) is 1. The predicted molar refractivity (Wildman–Crippen MR) is 83.6 cm³/mol. The number of quaternary nitrogens is 1. The normalized spacial score (nSPS) is 17.5. The zero-order valence-electron chi connectivity index (χ0n) is 12.0. The molecule has 1 saturated heterocycles. The summed E-state index contributed by atoms with van der Waals surface area (Å²) in [5, 5.41) is 3.45. The lowest BCUT2D eigenvalue weighted by Gasteiger charge is -2.06. The Bertz CT molecular complexity index is 609. The topological polar surface area (TPSA) is 39.0 Å². The van der Waals surface area contributed by atoms with Gasteiger partial charge in [-0.25, -0.2) is 0 Å². The standard InChI is InChI=1S/C16H17Cl2NO2.ClH/c17-11-3-5-14(15(18)8-11)16-6-4-13(21-16)10-19-9-12-2-1-7-20-12;/h3-6,8,12,19H,1-2,7,9-10H2;1H. The van der Waals surface area contributed by atoms with Crippen molar-refractivity contribution in [1.82, 2.24) is 0 Å². The Kier molecular flexibility index (Phi) is 6.60. The molecular formula is C16H18Cl3NO2. The smallest absolute Gasteiger partial charge is 0.158 e. The van der Waals surface area contributed by atoms with Crippen LogP contribution in [-0.2, 0) is 11.3 Å². The molecule has 2 aromatic rings. The maximum Gasteiger partial charge on any atom is 0.158 e. The van der Waals surface area contributed by atoms with Crippen LogP contribution in [0.4, 0.5) is 0 Å². The van der Waals surface area contributed by atoms with Crippen LogP contribution in [0.2, 0.25) is 10.0 Å². The van der Waals surface area contributed by atoms with Gasteiger partial charge in [0, 0.05) is 17.2 Å². The van der Waals surface area contributed by atoms with Crippen molar-refractivity contribution in [2.24, 2.45) is 0 Å². The van der Waals surface area contributed by atoms with Gasteiger partial charge in [0.1, 0.15) is 25.0 Å². The van der Waals surface area contributed by atoms with E-state index in [1.54, 1.807) is 6.07 Å². The summed E-state index contributed by atoms with van der Waals surface area (Å²) in [5.74, 6) is 1.71. The maximum atomic E-state index is 6.19. The fourth-order valence-electron chi connectivity index (χ4n) is 2.56. The van der Waals surface area contributed by atoms with Gasteiger partial charge in [0.2, 0.25) is 0 Å². The molecule has 1 aromatic heterocycles. The van der Waals surface area contributed by atoms with Gasteiger partial charge in [-0.15, -0.1) is 0 Å². The zero-order chi connectivity index (χ0) is 14.7. The first kappa shape index (κ1) is 17.6. The Labute approximate surface area is 146 Å². The van der Waals surface area contributed by atoms with Crippen molar-refractivity contribution in [2.45, 2.75) is 25.5 Å². The van der Waals surface area contributed by atoms with Crippen LogP contribution in [0.5, 0.6) is 0 Å². The number of halogens is 3. The second-order valence-corrected chi connectivity index (χ2v) is 6.10. The van der Waals surface area contributed by atoms with Gasteiger partial charge in [-0.1, -0.05) is 23.2 Å². The van der Waals surface area contributed by atoms with Crippen LogP contribution in [-0.4, -0.2) is 19.3 Å². The molecule has 0 saturated carbocycles. The van der Waals surface area contributed by atoms with E-state index in [4.69, 9.17) is 32.4 Å². The third-order valence-electron chi connectivity index (χ3n) is 3.66. The van der Waals surface area contributed by atoms with Crippen molar-refractivity contribution in [3.8, 4) is 11.3 Å². The molecule has 2 N–H and O–H groups in total. The molecule has 1 aliphatic rings. The van der Waals surface area contributed by atoms with Crippen LogP contribution in [0.3, 0.4) is 0 Å². The number of furan rings is 1. The highest BCUT2D eigenvalue weighted by Crippen LogP contribution is 2.31. The summed E-state index contributed by atoms with van der Waals surface area (Å²) >= 11 is 12.1. The van der Waals surface area contributed by atoms with Crippen LogP contribution in [0.25, 0.3) is 11.3 Å². The van der Waals surface area contributed by atoms with Crippen molar-refractivity contribution < 1.29 is 26.9 Å². The Hall–Kier alpha value is -0.710. The van der Waals surface area contributed by atoms with E-state index in [0.29, 0.717) is 16.1 Å². The summed E-state index contributed by atoms with van der Waals surface area (Å²) in [7, 11) is 0. The van der Waals surface area contributed by atoms with E-state index in [9.17, 15) is 0 Å². The Balaban J connectivity index is 0.00000176.